The number of nitrogens with zero attached hydrogens (tertiary/aromatic N) is 1. The zero-order chi connectivity index (χ0) is 15.8. The largest absolute Gasteiger partial charge is 0.389 e. The van der Waals surface area contributed by atoms with Crippen molar-refractivity contribution in [1.29, 1.82) is 0 Å². The van der Waals surface area contributed by atoms with E-state index in [-0.39, 0.29) is 6.10 Å². The van der Waals surface area contributed by atoms with E-state index in [0.29, 0.717) is 13.2 Å². The number of aliphatic hydroxyl groups is 1. The average Bonchev–Trinajstić information content (AvgIpc) is 2.53. The van der Waals surface area contributed by atoms with Crippen molar-refractivity contribution in [2.45, 2.75) is 38.5 Å². The molecule has 1 atom stereocenters. The maximum absolute atomic E-state index is 10.2. The number of rotatable bonds is 8. The van der Waals surface area contributed by atoms with E-state index in [4.69, 9.17) is 21.1 Å². The zero-order valence-electron chi connectivity index (χ0n) is 13.2. The molecule has 22 heavy (non-hydrogen) atoms. The fourth-order valence-corrected chi connectivity index (χ4v) is 2.85. The minimum absolute atomic E-state index is 0.228. The fraction of sp³-hybridized carbons (Fsp3) is 0.647. The van der Waals surface area contributed by atoms with Crippen LogP contribution in [0.3, 0.4) is 0 Å². The second-order valence-electron chi connectivity index (χ2n) is 5.76. The van der Waals surface area contributed by atoms with Gasteiger partial charge in [0.1, 0.15) is 0 Å². The molecule has 0 radical (unpaired) electrons. The van der Waals surface area contributed by atoms with E-state index in [1.165, 1.54) is 0 Å². The Hall–Kier alpha value is -0.650. The van der Waals surface area contributed by atoms with Crippen molar-refractivity contribution in [2.75, 3.05) is 32.9 Å². The van der Waals surface area contributed by atoms with Gasteiger partial charge in [0.2, 0.25) is 0 Å². The number of likely N-dealkylation sites (N-methyl/N-ethyl adjacent to an activating group) is 1. The molecule has 0 saturated carbocycles. The van der Waals surface area contributed by atoms with E-state index in [1.807, 2.05) is 18.2 Å². The summed E-state index contributed by atoms with van der Waals surface area (Å²) in [4.78, 5) is 2.20. The molecule has 124 valence electrons. The SMILES string of the molecule is CCN(Cc1cccc(Cl)c1)CC(O)COC1CCOCC1. The Labute approximate surface area is 138 Å². The van der Waals surface area contributed by atoms with Crippen LogP contribution in [0, 0.1) is 0 Å². The van der Waals surface area contributed by atoms with E-state index in [0.717, 1.165) is 49.7 Å². The number of hydrogen-bond donors (Lipinski definition) is 1. The van der Waals surface area contributed by atoms with Gasteiger partial charge in [-0.1, -0.05) is 30.7 Å². The van der Waals surface area contributed by atoms with Crippen molar-refractivity contribution in [3.8, 4) is 0 Å². The van der Waals surface area contributed by atoms with Gasteiger partial charge in [-0.3, -0.25) is 4.90 Å². The molecule has 1 saturated heterocycles. The summed E-state index contributed by atoms with van der Waals surface area (Å²) in [6, 6.07) is 7.85. The Morgan fingerprint density at radius 2 is 2.18 bits per heavy atom. The first-order valence-electron chi connectivity index (χ1n) is 8.01. The predicted molar refractivity (Wildman–Crippen MR) is 88.2 cm³/mol. The number of benzene rings is 1. The van der Waals surface area contributed by atoms with Crippen molar-refractivity contribution in [2.24, 2.45) is 0 Å². The Balaban J connectivity index is 1.74. The van der Waals surface area contributed by atoms with Crippen molar-refractivity contribution in [3.05, 3.63) is 34.9 Å². The molecule has 1 aliphatic heterocycles. The van der Waals surface area contributed by atoms with Gasteiger partial charge >= 0.3 is 0 Å². The van der Waals surface area contributed by atoms with Gasteiger partial charge in [-0.2, -0.15) is 0 Å². The van der Waals surface area contributed by atoms with Gasteiger partial charge in [0.15, 0.2) is 0 Å². The molecule has 1 heterocycles. The molecule has 4 nitrogen and oxygen atoms in total. The first kappa shape index (κ1) is 17.7. The molecule has 0 bridgehead atoms. The molecule has 0 amide bonds. The summed E-state index contributed by atoms with van der Waals surface area (Å²) in [7, 11) is 0. The lowest BCUT2D eigenvalue weighted by atomic mass is 10.1. The quantitative estimate of drug-likeness (QED) is 0.797. The van der Waals surface area contributed by atoms with Crippen LogP contribution in [0.4, 0.5) is 0 Å². The lowest BCUT2D eigenvalue weighted by Crippen LogP contribution is -2.36. The minimum Gasteiger partial charge on any atom is -0.389 e. The van der Waals surface area contributed by atoms with Gasteiger partial charge in [-0.15, -0.1) is 0 Å². The lowest BCUT2D eigenvalue weighted by molar-refractivity contribution is -0.0642. The Kier molecular flexibility index (Phi) is 7.63. The number of ether oxygens (including phenoxy) is 2. The summed E-state index contributed by atoms with van der Waals surface area (Å²) in [5, 5.41) is 10.9. The second kappa shape index (κ2) is 9.48. The van der Waals surface area contributed by atoms with Crippen LogP contribution in [0.2, 0.25) is 5.02 Å². The smallest absolute Gasteiger partial charge is 0.0900 e. The Bertz CT molecular complexity index is 438. The molecule has 1 unspecified atom stereocenters. The molecular formula is C17H26ClNO3. The number of halogens is 1. The van der Waals surface area contributed by atoms with Crippen molar-refractivity contribution in [3.63, 3.8) is 0 Å². The summed E-state index contributed by atoms with van der Waals surface area (Å²) in [6.45, 7) is 6.26. The molecule has 1 aromatic carbocycles. The molecule has 0 spiro atoms. The van der Waals surface area contributed by atoms with Gasteiger partial charge in [-0.25, -0.2) is 0 Å². The van der Waals surface area contributed by atoms with Crippen LogP contribution in [-0.4, -0.2) is 55.1 Å². The summed E-state index contributed by atoms with van der Waals surface area (Å²) < 4.78 is 11.1. The van der Waals surface area contributed by atoms with Crippen LogP contribution < -0.4 is 0 Å². The van der Waals surface area contributed by atoms with Crippen LogP contribution in [-0.2, 0) is 16.0 Å². The second-order valence-corrected chi connectivity index (χ2v) is 6.19. The number of hydrogen-bond acceptors (Lipinski definition) is 4. The van der Waals surface area contributed by atoms with E-state index in [9.17, 15) is 5.11 Å². The van der Waals surface area contributed by atoms with E-state index < -0.39 is 6.10 Å². The number of aliphatic hydroxyl groups excluding tert-OH is 1. The fourth-order valence-electron chi connectivity index (χ4n) is 2.64. The molecular weight excluding hydrogens is 302 g/mol. The molecule has 1 fully saturated rings. The predicted octanol–water partition coefficient (Wildman–Crippen LogP) is 2.72. The first-order chi connectivity index (χ1) is 10.7. The average molecular weight is 328 g/mol. The maximum atomic E-state index is 10.2. The third-order valence-electron chi connectivity index (χ3n) is 3.90. The highest BCUT2D eigenvalue weighted by Gasteiger charge is 2.17. The third kappa shape index (κ3) is 6.23. The monoisotopic (exact) mass is 327 g/mol. The van der Waals surface area contributed by atoms with E-state index in [1.54, 1.807) is 0 Å². The van der Waals surface area contributed by atoms with Crippen LogP contribution in [0.15, 0.2) is 24.3 Å². The molecule has 5 heteroatoms. The highest BCUT2D eigenvalue weighted by Crippen LogP contribution is 2.14. The molecule has 1 aliphatic rings. The van der Waals surface area contributed by atoms with E-state index in [2.05, 4.69) is 17.9 Å². The van der Waals surface area contributed by atoms with Crippen LogP contribution in [0.5, 0.6) is 0 Å². The van der Waals surface area contributed by atoms with Gasteiger partial charge in [0, 0.05) is 31.3 Å². The standard InChI is InChI=1S/C17H26ClNO3/c1-2-19(11-14-4-3-5-15(18)10-14)12-16(20)13-22-17-6-8-21-9-7-17/h3-5,10,16-17,20H,2,6-9,11-13H2,1H3. The minimum atomic E-state index is -0.470. The molecule has 0 aromatic heterocycles. The Morgan fingerprint density at radius 1 is 1.41 bits per heavy atom. The lowest BCUT2D eigenvalue weighted by Gasteiger charge is -2.26. The Morgan fingerprint density at radius 3 is 2.86 bits per heavy atom. The molecule has 0 aliphatic carbocycles. The summed E-state index contributed by atoms with van der Waals surface area (Å²) in [5.41, 5.74) is 1.16. The van der Waals surface area contributed by atoms with Gasteiger partial charge in [0.25, 0.3) is 0 Å². The van der Waals surface area contributed by atoms with Crippen molar-refractivity contribution in [1.82, 2.24) is 4.90 Å². The summed E-state index contributed by atoms with van der Waals surface area (Å²) in [5.74, 6) is 0. The summed E-state index contributed by atoms with van der Waals surface area (Å²) in [6.07, 6.45) is 1.60. The highest BCUT2D eigenvalue weighted by atomic mass is 35.5. The van der Waals surface area contributed by atoms with Crippen molar-refractivity contribution >= 4 is 11.6 Å². The summed E-state index contributed by atoms with van der Waals surface area (Å²) >= 11 is 6.01. The van der Waals surface area contributed by atoms with Crippen LogP contribution >= 0.6 is 11.6 Å². The molecule has 1 aromatic rings. The normalized spacial score (nSPS) is 17.8. The van der Waals surface area contributed by atoms with Crippen molar-refractivity contribution < 1.29 is 14.6 Å². The molecule has 2 rings (SSSR count). The highest BCUT2D eigenvalue weighted by molar-refractivity contribution is 6.30. The van der Waals surface area contributed by atoms with Crippen LogP contribution in [0.1, 0.15) is 25.3 Å². The van der Waals surface area contributed by atoms with Crippen LogP contribution in [0.25, 0.3) is 0 Å². The molecule has 1 N–H and O–H groups in total. The maximum Gasteiger partial charge on any atom is 0.0900 e. The first-order valence-corrected chi connectivity index (χ1v) is 8.39. The van der Waals surface area contributed by atoms with Gasteiger partial charge in [-0.05, 0) is 37.1 Å². The third-order valence-corrected chi connectivity index (χ3v) is 4.14. The van der Waals surface area contributed by atoms with E-state index >= 15 is 0 Å². The zero-order valence-corrected chi connectivity index (χ0v) is 14.0. The van der Waals surface area contributed by atoms with Gasteiger partial charge in [0.05, 0.1) is 18.8 Å². The topological polar surface area (TPSA) is 41.9 Å². The van der Waals surface area contributed by atoms with Gasteiger partial charge < -0.3 is 14.6 Å².